The summed E-state index contributed by atoms with van der Waals surface area (Å²) in [6.45, 7) is 0.669. The molecule has 0 aliphatic carbocycles. The third kappa shape index (κ3) is 3.40. The van der Waals surface area contributed by atoms with Crippen molar-refractivity contribution in [2.75, 3.05) is 11.9 Å². The third-order valence-corrected chi connectivity index (χ3v) is 1.76. The van der Waals surface area contributed by atoms with Crippen molar-refractivity contribution in [3.05, 3.63) is 29.8 Å². The summed E-state index contributed by atoms with van der Waals surface area (Å²) in [5.74, 6) is 0. The molecule has 0 heterocycles. The molecule has 0 fully saturated rings. The lowest BCUT2D eigenvalue weighted by Gasteiger charge is -2.04. The number of thiocarbonyl (C=S) groups is 1. The molecule has 1 rings (SSSR count). The van der Waals surface area contributed by atoms with Gasteiger partial charge >= 0.3 is 0 Å². The van der Waals surface area contributed by atoms with Crippen LogP contribution in [0, 0.1) is 0 Å². The summed E-state index contributed by atoms with van der Waals surface area (Å²) in [6, 6.07) is 7.88. The number of hydrogen-bond donors (Lipinski definition) is 3. The van der Waals surface area contributed by atoms with Gasteiger partial charge in [0.2, 0.25) is 0 Å². The van der Waals surface area contributed by atoms with Crippen LogP contribution < -0.4 is 16.8 Å². The summed E-state index contributed by atoms with van der Waals surface area (Å²) in [7, 11) is 0. The summed E-state index contributed by atoms with van der Waals surface area (Å²) in [5.41, 5.74) is 12.9. The van der Waals surface area contributed by atoms with Crippen molar-refractivity contribution in [2.24, 2.45) is 11.5 Å². The largest absolute Gasteiger partial charge is 0.376 e. The van der Waals surface area contributed by atoms with Gasteiger partial charge in [0, 0.05) is 5.69 Å². The predicted molar refractivity (Wildman–Crippen MR) is 59.6 cm³/mol. The summed E-state index contributed by atoms with van der Waals surface area (Å²) in [5, 5.41) is 3.14. The van der Waals surface area contributed by atoms with Gasteiger partial charge in [-0.2, -0.15) is 0 Å². The fraction of sp³-hybridized carbons (Fsp3) is 0.222. The fourth-order valence-corrected chi connectivity index (χ4v) is 1.18. The van der Waals surface area contributed by atoms with E-state index in [0.717, 1.165) is 12.1 Å². The highest BCUT2D eigenvalue weighted by atomic mass is 32.1. The van der Waals surface area contributed by atoms with Gasteiger partial charge in [-0.3, -0.25) is 0 Å². The topological polar surface area (TPSA) is 64.1 Å². The molecule has 1 aromatic carbocycles. The van der Waals surface area contributed by atoms with Gasteiger partial charge in [0.25, 0.3) is 0 Å². The molecule has 0 atom stereocenters. The highest BCUT2D eigenvalue weighted by Crippen LogP contribution is 2.09. The summed E-state index contributed by atoms with van der Waals surface area (Å²) in [4.78, 5) is 0. The number of hydrogen-bond acceptors (Lipinski definition) is 2. The van der Waals surface area contributed by atoms with E-state index in [-0.39, 0.29) is 5.11 Å². The molecule has 4 heteroatoms. The normalized spacial score (nSPS) is 9.62. The van der Waals surface area contributed by atoms with E-state index in [1.165, 1.54) is 5.56 Å². The molecule has 1 aromatic rings. The van der Waals surface area contributed by atoms with Crippen LogP contribution in [0.1, 0.15) is 5.56 Å². The van der Waals surface area contributed by atoms with E-state index in [9.17, 15) is 0 Å². The van der Waals surface area contributed by atoms with Crippen LogP contribution in [0.4, 0.5) is 5.69 Å². The Labute approximate surface area is 83.1 Å². The average molecular weight is 195 g/mol. The molecule has 5 N–H and O–H groups in total. The van der Waals surface area contributed by atoms with Crippen molar-refractivity contribution in [3.63, 3.8) is 0 Å². The van der Waals surface area contributed by atoms with Crippen LogP contribution in [-0.4, -0.2) is 11.7 Å². The highest BCUT2D eigenvalue weighted by Gasteiger charge is 1.93. The second-order valence-electron chi connectivity index (χ2n) is 2.72. The van der Waals surface area contributed by atoms with Gasteiger partial charge in [-0.15, -0.1) is 0 Å². The molecule has 0 aliphatic heterocycles. The molecule has 0 saturated carbocycles. The van der Waals surface area contributed by atoms with Crippen LogP contribution >= 0.6 is 12.2 Å². The molecule has 70 valence electrons. The van der Waals surface area contributed by atoms with Crippen molar-refractivity contribution in [1.82, 2.24) is 0 Å². The van der Waals surface area contributed by atoms with Crippen molar-refractivity contribution in [1.29, 1.82) is 0 Å². The van der Waals surface area contributed by atoms with Crippen LogP contribution in [-0.2, 0) is 6.42 Å². The highest BCUT2D eigenvalue weighted by molar-refractivity contribution is 7.80. The number of nitrogens with two attached hydrogens (primary N) is 2. The summed E-state index contributed by atoms with van der Waals surface area (Å²) in [6.07, 6.45) is 0.896. The van der Waals surface area contributed by atoms with E-state index in [1.54, 1.807) is 0 Å². The molecule has 0 aromatic heterocycles. The first-order valence-corrected chi connectivity index (χ1v) is 4.48. The number of nitrogens with one attached hydrogen (secondary N) is 1. The van der Waals surface area contributed by atoms with Crippen molar-refractivity contribution in [3.8, 4) is 0 Å². The molecular formula is C9H13N3S. The molecule has 0 saturated heterocycles. The second-order valence-corrected chi connectivity index (χ2v) is 3.16. The first-order chi connectivity index (χ1) is 6.22. The maximum Gasteiger partial charge on any atom is 0.168 e. The lowest BCUT2D eigenvalue weighted by atomic mass is 10.1. The summed E-state index contributed by atoms with van der Waals surface area (Å²) >= 11 is 4.71. The third-order valence-electron chi connectivity index (χ3n) is 1.65. The Bertz CT molecular complexity index is 281. The van der Waals surface area contributed by atoms with Gasteiger partial charge in [0.05, 0.1) is 0 Å². The lowest BCUT2D eigenvalue weighted by molar-refractivity contribution is 0.969. The first-order valence-electron chi connectivity index (χ1n) is 4.08. The molecule has 0 radical (unpaired) electrons. The van der Waals surface area contributed by atoms with Crippen molar-refractivity contribution in [2.45, 2.75) is 6.42 Å². The SMILES string of the molecule is NCCc1ccc(NC(N)=S)cc1. The molecule has 13 heavy (non-hydrogen) atoms. The monoisotopic (exact) mass is 195 g/mol. The number of anilines is 1. The lowest BCUT2D eigenvalue weighted by Crippen LogP contribution is -2.18. The maximum absolute atomic E-state index is 5.42. The zero-order valence-corrected chi connectivity index (χ0v) is 8.10. The van der Waals surface area contributed by atoms with Gasteiger partial charge in [0.15, 0.2) is 5.11 Å². The van der Waals surface area contributed by atoms with E-state index in [1.807, 2.05) is 24.3 Å². The Balaban J connectivity index is 2.64. The molecule has 0 aliphatic rings. The Morgan fingerprint density at radius 1 is 1.31 bits per heavy atom. The van der Waals surface area contributed by atoms with Crippen molar-refractivity contribution >= 4 is 23.0 Å². The number of rotatable bonds is 3. The van der Waals surface area contributed by atoms with Gasteiger partial charge in [0.1, 0.15) is 0 Å². The molecule has 0 spiro atoms. The Hall–Kier alpha value is -1.13. The second kappa shape index (κ2) is 4.79. The fourth-order valence-electron chi connectivity index (χ4n) is 1.06. The number of benzene rings is 1. The van der Waals surface area contributed by atoms with Crippen LogP contribution in [0.5, 0.6) is 0 Å². The van der Waals surface area contributed by atoms with E-state index >= 15 is 0 Å². The Morgan fingerprint density at radius 3 is 2.38 bits per heavy atom. The van der Waals surface area contributed by atoms with Crippen molar-refractivity contribution < 1.29 is 0 Å². The van der Waals surface area contributed by atoms with Crippen LogP contribution in [0.3, 0.4) is 0 Å². The van der Waals surface area contributed by atoms with E-state index in [0.29, 0.717) is 6.54 Å². The smallest absolute Gasteiger partial charge is 0.168 e. The Kier molecular flexibility index (Phi) is 3.67. The zero-order chi connectivity index (χ0) is 9.68. The standard InChI is InChI=1S/C9H13N3S/c10-6-5-7-1-3-8(4-2-7)12-9(11)13/h1-4H,5-6,10H2,(H3,11,12,13). The van der Waals surface area contributed by atoms with Crippen LogP contribution in [0.15, 0.2) is 24.3 Å². The molecule has 3 nitrogen and oxygen atoms in total. The molecular weight excluding hydrogens is 182 g/mol. The predicted octanol–water partition coefficient (Wildman–Crippen LogP) is 0.843. The van der Waals surface area contributed by atoms with E-state index in [4.69, 9.17) is 23.7 Å². The zero-order valence-electron chi connectivity index (χ0n) is 7.29. The quantitative estimate of drug-likeness (QED) is 0.625. The van der Waals surface area contributed by atoms with Gasteiger partial charge < -0.3 is 16.8 Å². The maximum atomic E-state index is 5.42. The Morgan fingerprint density at radius 2 is 1.92 bits per heavy atom. The molecule has 0 amide bonds. The summed E-state index contributed by atoms with van der Waals surface area (Å²) < 4.78 is 0. The van der Waals surface area contributed by atoms with Gasteiger partial charge in [-0.1, -0.05) is 12.1 Å². The van der Waals surface area contributed by atoms with Gasteiger partial charge in [-0.05, 0) is 42.9 Å². The van der Waals surface area contributed by atoms with E-state index < -0.39 is 0 Å². The molecule has 0 bridgehead atoms. The van der Waals surface area contributed by atoms with E-state index in [2.05, 4.69) is 5.32 Å². The minimum absolute atomic E-state index is 0.284. The van der Waals surface area contributed by atoms with Gasteiger partial charge in [-0.25, -0.2) is 0 Å². The van der Waals surface area contributed by atoms with Crippen LogP contribution in [0.2, 0.25) is 0 Å². The minimum atomic E-state index is 0.284. The molecule has 0 unspecified atom stereocenters. The first kappa shape index (κ1) is 9.95. The minimum Gasteiger partial charge on any atom is -0.376 e. The van der Waals surface area contributed by atoms with Crippen LogP contribution in [0.25, 0.3) is 0 Å². The average Bonchev–Trinajstić information content (AvgIpc) is 2.08.